The van der Waals surface area contributed by atoms with Crippen molar-refractivity contribution in [1.82, 2.24) is 0 Å². The molecule has 2 nitrogen and oxygen atoms in total. The SMILES string of the molecule is C=Cc1ccc2c(-c3c(Oc4ccc5cc(C=C)ccc5c4-c4c(P(c5ccccc5)c5ccccc5)ccc5ccccc45)ccc4cc(C=C)ccc34)c(OP)ccc2c1. The van der Waals surface area contributed by atoms with E-state index in [1.807, 2.05) is 24.3 Å². The Morgan fingerprint density at radius 3 is 1.26 bits per heavy atom. The quantitative estimate of drug-likeness (QED) is 0.121. The van der Waals surface area contributed by atoms with Crippen molar-refractivity contribution >= 4 is 94.6 Å². The molecule has 62 heavy (non-hydrogen) atoms. The summed E-state index contributed by atoms with van der Waals surface area (Å²) < 4.78 is 13.7. The molecule has 1 atom stereocenters. The van der Waals surface area contributed by atoms with Gasteiger partial charge in [-0.05, 0) is 120 Å². The van der Waals surface area contributed by atoms with Crippen LogP contribution in [0.4, 0.5) is 0 Å². The molecule has 0 bridgehead atoms. The maximum Gasteiger partial charge on any atom is 0.136 e. The number of hydrogen-bond acceptors (Lipinski definition) is 2. The van der Waals surface area contributed by atoms with Gasteiger partial charge in [0.15, 0.2) is 0 Å². The van der Waals surface area contributed by atoms with Crippen molar-refractivity contribution in [2.24, 2.45) is 0 Å². The van der Waals surface area contributed by atoms with Crippen LogP contribution in [0.5, 0.6) is 17.2 Å². The van der Waals surface area contributed by atoms with Crippen LogP contribution in [-0.2, 0) is 0 Å². The minimum Gasteiger partial charge on any atom is -0.480 e. The van der Waals surface area contributed by atoms with Crippen LogP contribution >= 0.6 is 17.4 Å². The average Bonchev–Trinajstić information content (AvgIpc) is 3.33. The van der Waals surface area contributed by atoms with Gasteiger partial charge in [-0.25, -0.2) is 0 Å². The molecule has 0 aliphatic heterocycles. The van der Waals surface area contributed by atoms with E-state index in [0.717, 1.165) is 93.5 Å². The second-order valence-electron chi connectivity index (χ2n) is 15.3. The topological polar surface area (TPSA) is 18.5 Å². The minimum atomic E-state index is -1.01. The third-order valence-electron chi connectivity index (χ3n) is 11.7. The molecule has 0 heterocycles. The molecule has 0 aromatic heterocycles. The van der Waals surface area contributed by atoms with Gasteiger partial charge in [-0.1, -0.05) is 190 Å². The van der Waals surface area contributed by atoms with Crippen molar-refractivity contribution in [2.45, 2.75) is 0 Å². The highest BCUT2D eigenvalue weighted by atomic mass is 31.1. The molecule has 10 aromatic carbocycles. The number of benzene rings is 10. The van der Waals surface area contributed by atoms with E-state index < -0.39 is 7.92 Å². The van der Waals surface area contributed by atoms with Crippen molar-refractivity contribution in [2.75, 3.05) is 0 Å². The van der Waals surface area contributed by atoms with Crippen molar-refractivity contribution < 1.29 is 9.26 Å². The minimum absolute atomic E-state index is 0.714. The molecule has 0 N–H and O–H groups in total. The summed E-state index contributed by atoms with van der Waals surface area (Å²) in [6.45, 7) is 12.2. The van der Waals surface area contributed by atoms with E-state index in [9.17, 15) is 0 Å². The first-order valence-corrected chi connectivity index (χ1v) is 22.4. The highest BCUT2D eigenvalue weighted by molar-refractivity contribution is 7.80. The fourth-order valence-corrected chi connectivity index (χ4v) is 11.5. The lowest BCUT2D eigenvalue weighted by molar-refractivity contribution is 0.487. The van der Waals surface area contributed by atoms with Gasteiger partial charge in [-0.15, -0.1) is 0 Å². The molecule has 0 radical (unpaired) electrons. The van der Waals surface area contributed by atoms with Crippen LogP contribution in [0, 0.1) is 0 Å². The highest BCUT2D eigenvalue weighted by Gasteiger charge is 2.27. The van der Waals surface area contributed by atoms with Crippen LogP contribution in [0.3, 0.4) is 0 Å². The molecule has 10 aromatic rings. The van der Waals surface area contributed by atoms with Gasteiger partial charge < -0.3 is 9.26 Å². The fraction of sp³-hybridized carbons (Fsp3) is 0. The first kappa shape index (κ1) is 39.1. The Morgan fingerprint density at radius 2 is 0.774 bits per heavy atom. The van der Waals surface area contributed by atoms with E-state index in [0.29, 0.717) is 5.75 Å². The van der Waals surface area contributed by atoms with E-state index in [2.05, 4.69) is 211 Å². The molecular weight excluding hydrogens is 791 g/mol. The Morgan fingerprint density at radius 1 is 0.371 bits per heavy atom. The average molecular weight is 833 g/mol. The lowest BCUT2D eigenvalue weighted by atomic mass is 9.90. The summed E-state index contributed by atoms with van der Waals surface area (Å²) in [5.74, 6) is 2.19. The molecule has 0 spiro atoms. The van der Waals surface area contributed by atoms with E-state index in [4.69, 9.17) is 9.26 Å². The third-order valence-corrected chi connectivity index (χ3v) is 14.5. The molecule has 10 rings (SSSR count). The summed E-state index contributed by atoms with van der Waals surface area (Å²) >= 11 is 0. The van der Waals surface area contributed by atoms with Crippen molar-refractivity contribution in [3.63, 3.8) is 0 Å². The molecule has 4 heteroatoms. The maximum absolute atomic E-state index is 7.56. The van der Waals surface area contributed by atoms with Gasteiger partial charge in [-0.3, -0.25) is 0 Å². The van der Waals surface area contributed by atoms with Gasteiger partial charge >= 0.3 is 0 Å². The molecule has 0 amide bonds. The highest BCUT2D eigenvalue weighted by Crippen LogP contribution is 2.51. The lowest BCUT2D eigenvalue weighted by Crippen LogP contribution is -2.22. The maximum atomic E-state index is 7.56. The second-order valence-corrected chi connectivity index (χ2v) is 17.7. The summed E-state index contributed by atoms with van der Waals surface area (Å²) in [7, 11) is 1.46. The molecule has 0 saturated heterocycles. The molecule has 0 fully saturated rings. The summed E-state index contributed by atoms with van der Waals surface area (Å²) in [6.07, 6.45) is 5.67. The Hall–Kier alpha value is -7.08. The predicted octanol–water partition coefficient (Wildman–Crippen LogP) is 15.3. The Balaban J connectivity index is 1.31. The van der Waals surface area contributed by atoms with Gasteiger partial charge in [-0.2, -0.15) is 0 Å². The summed E-state index contributed by atoms with van der Waals surface area (Å²) in [4.78, 5) is 0. The largest absolute Gasteiger partial charge is 0.480 e. The first-order chi connectivity index (χ1) is 30.6. The van der Waals surface area contributed by atoms with Crippen LogP contribution in [0.15, 0.2) is 208 Å². The number of rotatable bonds is 11. The first-order valence-electron chi connectivity index (χ1n) is 20.6. The van der Waals surface area contributed by atoms with Gasteiger partial charge in [0.25, 0.3) is 0 Å². The zero-order valence-electron chi connectivity index (χ0n) is 34.1. The molecular formula is C58H42O2P2. The lowest BCUT2D eigenvalue weighted by Gasteiger charge is -2.26. The summed E-state index contributed by atoms with van der Waals surface area (Å²) in [5, 5.41) is 12.6. The van der Waals surface area contributed by atoms with Crippen molar-refractivity contribution in [3.8, 4) is 39.5 Å². The van der Waals surface area contributed by atoms with Gasteiger partial charge in [0, 0.05) is 22.3 Å². The zero-order chi connectivity index (χ0) is 42.2. The van der Waals surface area contributed by atoms with Crippen LogP contribution in [-0.4, -0.2) is 0 Å². The second kappa shape index (κ2) is 16.8. The van der Waals surface area contributed by atoms with Crippen LogP contribution < -0.4 is 25.2 Å². The smallest absolute Gasteiger partial charge is 0.136 e. The van der Waals surface area contributed by atoms with Crippen molar-refractivity contribution in [1.29, 1.82) is 0 Å². The fourth-order valence-electron chi connectivity index (χ4n) is 8.82. The Bertz CT molecular complexity index is 3330. The molecule has 1 unspecified atom stereocenters. The van der Waals surface area contributed by atoms with Gasteiger partial charge in [0.05, 0.1) is 9.47 Å². The van der Waals surface area contributed by atoms with Crippen LogP contribution in [0.1, 0.15) is 16.7 Å². The van der Waals surface area contributed by atoms with Gasteiger partial charge in [0.2, 0.25) is 0 Å². The molecule has 0 aliphatic carbocycles. The molecule has 296 valence electrons. The van der Waals surface area contributed by atoms with Crippen LogP contribution in [0.2, 0.25) is 0 Å². The molecule has 0 aliphatic rings. The molecule has 0 saturated carbocycles. The number of fused-ring (bicyclic) bond motifs is 4. The van der Waals surface area contributed by atoms with E-state index in [1.165, 1.54) is 15.9 Å². The normalized spacial score (nSPS) is 11.3. The van der Waals surface area contributed by atoms with E-state index in [-0.39, 0.29) is 0 Å². The Labute approximate surface area is 366 Å². The van der Waals surface area contributed by atoms with E-state index in [1.54, 1.807) is 0 Å². The number of hydrogen-bond donors (Lipinski definition) is 0. The number of ether oxygens (including phenoxy) is 1. The monoisotopic (exact) mass is 832 g/mol. The van der Waals surface area contributed by atoms with Crippen molar-refractivity contribution in [3.05, 3.63) is 224 Å². The Kier molecular flexibility index (Phi) is 10.6. The standard InChI is InChI=1S/C58H42O2P2/c1-4-38-21-28-48-42(35-38)24-31-51(55(48)57-50-30-23-40(6-3)37-44(50)26-33-53(57)60-61)59-52-32-25-43-36-39(5-2)22-29-49(43)56(52)58-47-20-14-13-15-41(47)27-34-54(58)62(45-16-9-7-10-17-45)46-18-11-8-12-19-46/h4-37H,1-3,61H2. The third kappa shape index (κ3) is 6.98. The van der Waals surface area contributed by atoms with E-state index >= 15 is 0 Å². The predicted molar refractivity (Wildman–Crippen MR) is 273 cm³/mol. The zero-order valence-corrected chi connectivity index (χ0v) is 36.1. The van der Waals surface area contributed by atoms with Crippen LogP contribution in [0.25, 0.3) is 83.6 Å². The summed E-state index contributed by atoms with van der Waals surface area (Å²) in [6, 6.07) is 67.4. The summed E-state index contributed by atoms with van der Waals surface area (Å²) in [5.41, 5.74) is 7.22. The van der Waals surface area contributed by atoms with Gasteiger partial charge in [0.1, 0.15) is 17.2 Å².